The fourth-order valence-corrected chi connectivity index (χ4v) is 1.29. The highest BCUT2D eigenvalue weighted by molar-refractivity contribution is 5.29. The van der Waals surface area contributed by atoms with Crippen molar-refractivity contribution in [2.75, 3.05) is 6.54 Å². The van der Waals surface area contributed by atoms with Crippen LogP contribution in [0.1, 0.15) is 27.7 Å². The summed E-state index contributed by atoms with van der Waals surface area (Å²) in [6.45, 7) is 16.7. The molecule has 1 heterocycles. The molecule has 0 bridgehead atoms. The first-order chi connectivity index (χ1) is 7.20. The smallest absolute Gasteiger partial charge is 0.0580 e. The van der Waals surface area contributed by atoms with Crippen LogP contribution in [0, 0.1) is 0 Å². The van der Waals surface area contributed by atoms with Gasteiger partial charge in [-0.3, -0.25) is 10.0 Å². The van der Waals surface area contributed by atoms with Gasteiger partial charge in [-0.25, -0.2) is 0 Å². The van der Waals surface area contributed by atoms with Crippen LogP contribution in [-0.4, -0.2) is 16.6 Å². The van der Waals surface area contributed by atoms with Crippen molar-refractivity contribution < 1.29 is 0 Å². The van der Waals surface area contributed by atoms with E-state index < -0.39 is 0 Å². The molecule has 0 spiro atoms. The number of allylic oxidation sites excluding steroid dienone is 2. The summed E-state index contributed by atoms with van der Waals surface area (Å²) in [5, 5.41) is 4.01. The number of hydrogen-bond acceptors (Lipinski definition) is 2. The molecule has 0 amide bonds. The number of hydrogen-bond donors (Lipinski definition) is 0. The van der Waals surface area contributed by atoms with Crippen LogP contribution in [-0.2, 0) is 0 Å². The van der Waals surface area contributed by atoms with Crippen molar-refractivity contribution in [1.29, 1.82) is 0 Å². The molecule has 0 aromatic carbocycles. The Balaban J connectivity index is 0.000000921. The van der Waals surface area contributed by atoms with Gasteiger partial charge in [0.25, 0.3) is 0 Å². The maximum absolute atomic E-state index is 3.99. The minimum Gasteiger partial charge on any atom is -0.285 e. The van der Waals surface area contributed by atoms with Gasteiger partial charge in [-0.15, -0.1) is 0 Å². The van der Waals surface area contributed by atoms with Gasteiger partial charge in [0, 0.05) is 12.4 Å². The molecule has 0 aromatic heterocycles. The summed E-state index contributed by atoms with van der Waals surface area (Å²) in [5.41, 5.74) is 2.19. The normalized spacial score (nSPS) is 16.0. The van der Waals surface area contributed by atoms with E-state index in [1.807, 2.05) is 38.1 Å². The van der Waals surface area contributed by atoms with Crippen molar-refractivity contribution in [3.8, 4) is 0 Å². The summed E-state index contributed by atoms with van der Waals surface area (Å²) >= 11 is 0. The van der Waals surface area contributed by atoms with Crippen LogP contribution in [0.5, 0.6) is 0 Å². The van der Waals surface area contributed by atoms with Crippen LogP contribution in [0.3, 0.4) is 0 Å². The summed E-state index contributed by atoms with van der Waals surface area (Å²) in [4.78, 5) is 0. The van der Waals surface area contributed by atoms with Gasteiger partial charge in [0.15, 0.2) is 0 Å². The van der Waals surface area contributed by atoms with Crippen molar-refractivity contribution in [3.05, 3.63) is 49.0 Å². The van der Waals surface area contributed by atoms with E-state index in [1.54, 1.807) is 6.20 Å². The molecule has 0 unspecified atom stereocenters. The molecular formula is C13H22N2. The van der Waals surface area contributed by atoms with Crippen LogP contribution in [0.2, 0.25) is 0 Å². The number of rotatable bonds is 2. The van der Waals surface area contributed by atoms with Crippen molar-refractivity contribution >= 4 is 0 Å². The minimum absolute atomic E-state index is 0.876. The lowest BCUT2D eigenvalue weighted by Gasteiger charge is -2.37. The lowest BCUT2D eigenvalue weighted by molar-refractivity contribution is 0.128. The second-order valence-corrected chi connectivity index (χ2v) is 2.97. The summed E-state index contributed by atoms with van der Waals surface area (Å²) in [6, 6.07) is 0. The molecule has 15 heavy (non-hydrogen) atoms. The van der Waals surface area contributed by atoms with E-state index in [9.17, 15) is 0 Å². The van der Waals surface area contributed by atoms with Crippen molar-refractivity contribution in [1.82, 2.24) is 10.0 Å². The fraction of sp³-hybridized carbons (Fsp3) is 0.385. The molecule has 84 valence electrons. The molecule has 0 aromatic rings. The lowest BCUT2D eigenvalue weighted by atomic mass is 10.2. The van der Waals surface area contributed by atoms with Gasteiger partial charge in [-0.05, 0) is 19.4 Å². The molecule has 0 N–H and O–H groups in total. The summed E-state index contributed by atoms with van der Waals surface area (Å²) in [6.07, 6.45) is 7.94. The van der Waals surface area contributed by atoms with Crippen molar-refractivity contribution in [2.45, 2.75) is 27.7 Å². The highest BCUT2D eigenvalue weighted by Crippen LogP contribution is 2.21. The molecule has 0 fully saturated rings. The van der Waals surface area contributed by atoms with Gasteiger partial charge in [0.05, 0.1) is 12.2 Å². The summed E-state index contributed by atoms with van der Waals surface area (Å²) < 4.78 is 0. The standard InChI is InChI=1S/C11H16N2.C2H6/c1-5-8-12-9-7-10(3)11(4)13(12)6-2;1-2/h5-8H,2,4,9H2,1,3H3;1-2H3/b8-5-;. The molecule has 2 nitrogen and oxygen atoms in total. The van der Waals surface area contributed by atoms with Crippen LogP contribution < -0.4 is 0 Å². The third-order valence-corrected chi connectivity index (χ3v) is 2.09. The molecule has 0 atom stereocenters. The van der Waals surface area contributed by atoms with E-state index in [2.05, 4.69) is 31.2 Å². The van der Waals surface area contributed by atoms with Crippen molar-refractivity contribution in [2.24, 2.45) is 0 Å². The summed E-state index contributed by atoms with van der Waals surface area (Å²) in [7, 11) is 0. The molecule has 1 aliphatic heterocycles. The minimum atomic E-state index is 0.876. The Hall–Kier alpha value is -1.44. The Morgan fingerprint density at radius 3 is 2.47 bits per heavy atom. The molecular weight excluding hydrogens is 184 g/mol. The molecule has 1 aliphatic rings. The van der Waals surface area contributed by atoms with Gasteiger partial charge in [-0.2, -0.15) is 0 Å². The van der Waals surface area contributed by atoms with E-state index in [-0.39, 0.29) is 0 Å². The second kappa shape index (κ2) is 6.93. The molecule has 0 aliphatic carbocycles. The quantitative estimate of drug-likeness (QED) is 0.680. The van der Waals surface area contributed by atoms with Gasteiger partial charge in [0.2, 0.25) is 0 Å². The summed E-state index contributed by atoms with van der Waals surface area (Å²) in [5.74, 6) is 0. The average molecular weight is 206 g/mol. The van der Waals surface area contributed by atoms with Gasteiger partial charge in [0.1, 0.15) is 0 Å². The molecule has 2 heteroatoms. The fourth-order valence-electron chi connectivity index (χ4n) is 1.29. The van der Waals surface area contributed by atoms with E-state index in [1.165, 1.54) is 5.57 Å². The highest BCUT2D eigenvalue weighted by atomic mass is 15.6. The Morgan fingerprint density at radius 1 is 1.40 bits per heavy atom. The molecule has 0 saturated carbocycles. The zero-order valence-corrected chi connectivity index (χ0v) is 10.3. The van der Waals surface area contributed by atoms with Gasteiger partial charge >= 0.3 is 0 Å². The Morgan fingerprint density at radius 2 is 2.00 bits per heavy atom. The van der Waals surface area contributed by atoms with Crippen LogP contribution in [0.15, 0.2) is 49.0 Å². The Labute approximate surface area is 93.8 Å². The van der Waals surface area contributed by atoms with Gasteiger partial charge < -0.3 is 0 Å². The van der Waals surface area contributed by atoms with E-state index in [0.29, 0.717) is 0 Å². The molecule has 1 rings (SSSR count). The highest BCUT2D eigenvalue weighted by Gasteiger charge is 2.15. The van der Waals surface area contributed by atoms with E-state index >= 15 is 0 Å². The Bertz CT molecular complexity index is 274. The van der Waals surface area contributed by atoms with Gasteiger partial charge in [-0.1, -0.05) is 39.2 Å². The zero-order chi connectivity index (χ0) is 11.8. The Kier molecular flexibility index (Phi) is 6.27. The average Bonchev–Trinajstić information content (AvgIpc) is 2.27. The predicted molar refractivity (Wildman–Crippen MR) is 67.8 cm³/mol. The maximum atomic E-state index is 3.99. The molecule has 0 saturated heterocycles. The van der Waals surface area contributed by atoms with Crippen LogP contribution in [0.4, 0.5) is 0 Å². The largest absolute Gasteiger partial charge is 0.285 e. The van der Waals surface area contributed by atoms with E-state index in [0.717, 1.165) is 12.2 Å². The first-order valence-corrected chi connectivity index (χ1v) is 5.38. The third kappa shape index (κ3) is 3.31. The third-order valence-electron chi connectivity index (χ3n) is 2.09. The first kappa shape index (κ1) is 13.6. The SMILES string of the molecule is C=CN1C(=C)C(C)=CCN1/C=C\C.CC. The monoisotopic (exact) mass is 206 g/mol. The zero-order valence-electron chi connectivity index (χ0n) is 10.3. The van der Waals surface area contributed by atoms with Crippen LogP contribution >= 0.6 is 0 Å². The molecule has 0 radical (unpaired) electrons. The van der Waals surface area contributed by atoms with Crippen LogP contribution in [0.25, 0.3) is 0 Å². The lowest BCUT2D eigenvalue weighted by Crippen LogP contribution is -2.37. The number of nitrogens with zero attached hydrogens (tertiary/aromatic N) is 2. The second-order valence-electron chi connectivity index (χ2n) is 2.97. The maximum Gasteiger partial charge on any atom is 0.0580 e. The predicted octanol–water partition coefficient (Wildman–Crippen LogP) is 3.68. The van der Waals surface area contributed by atoms with E-state index in [4.69, 9.17) is 0 Å². The first-order valence-electron chi connectivity index (χ1n) is 5.38. The topological polar surface area (TPSA) is 6.48 Å². The van der Waals surface area contributed by atoms with Crippen molar-refractivity contribution in [3.63, 3.8) is 0 Å². The number of hydrazine groups is 1.